The molecule has 3 heterocycles. The van der Waals surface area contributed by atoms with Crippen molar-refractivity contribution in [1.29, 1.82) is 0 Å². The SMILES string of the molecule is CC1(C(=O)NCc2nc(-c3cnccn3)n[nH]2)CCCO1. The van der Waals surface area contributed by atoms with Crippen LogP contribution in [0.25, 0.3) is 11.5 Å². The Balaban J connectivity index is 1.62. The van der Waals surface area contributed by atoms with Crippen molar-refractivity contribution in [3.63, 3.8) is 0 Å². The van der Waals surface area contributed by atoms with Gasteiger partial charge in [0.15, 0.2) is 0 Å². The molecule has 0 bridgehead atoms. The fourth-order valence-electron chi connectivity index (χ4n) is 2.21. The molecule has 2 aromatic heterocycles. The maximum absolute atomic E-state index is 12.1. The Hall–Kier alpha value is -2.35. The molecule has 1 aliphatic heterocycles. The average Bonchev–Trinajstić information content (AvgIpc) is 3.15. The van der Waals surface area contributed by atoms with Crippen LogP contribution >= 0.6 is 0 Å². The lowest BCUT2D eigenvalue weighted by molar-refractivity contribution is -0.139. The molecule has 0 radical (unpaired) electrons. The summed E-state index contributed by atoms with van der Waals surface area (Å²) in [4.78, 5) is 24.5. The number of aromatic amines is 1. The van der Waals surface area contributed by atoms with Gasteiger partial charge in [0.25, 0.3) is 5.91 Å². The molecule has 0 saturated carbocycles. The fourth-order valence-corrected chi connectivity index (χ4v) is 2.21. The van der Waals surface area contributed by atoms with Crippen LogP contribution in [0.2, 0.25) is 0 Å². The van der Waals surface area contributed by atoms with Gasteiger partial charge in [-0.05, 0) is 19.8 Å². The molecule has 110 valence electrons. The number of rotatable bonds is 4. The van der Waals surface area contributed by atoms with E-state index in [1.54, 1.807) is 25.5 Å². The Bertz CT molecular complexity index is 621. The van der Waals surface area contributed by atoms with Crippen LogP contribution in [-0.4, -0.2) is 43.3 Å². The number of aromatic nitrogens is 5. The van der Waals surface area contributed by atoms with Crippen molar-refractivity contribution in [3.05, 3.63) is 24.4 Å². The van der Waals surface area contributed by atoms with Gasteiger partial charge in [0.05, 0.1) is 12.7 Å². The summed E-state index contributed by atoms with van der Waals surface area (Å²) >= 11 is 0. The summed E-state index contributed by atoms with van der Waals surface area (Å²) < 4.78 is 5.49. The number of amides is 1. The summed E-state index contributed by atoms with van der Waals surface area (Å²) in [6, 6.07) is 0. The summed E-state index contributed by atoms with van der Waals surface area (Å²) in [7, 11) is 0. The monoisotopic (exact) mass is 288 g/mol. The van der Waals surface area contributed by atoms with E-state index in [-0.39, 0.29) is 12.5 Å². The number of carbonyl (C=O) groups is 1. The van der Waals surface area contributed by atoms with Gasteiger partial charge in [-0.1, -0.05) is 0 Å². The van der Waals surface area contributed by atoms with Crippen molar-refractivity contribution < 1.29 is 9.53 Å². The molecule has 8 heteroatoms. The normalized spacial score (nSPS) is 21.4. The van der Waals surface area contributed by atoms with Crippen LogP contribution < -0.4 is 5.32 Å². The van der Waals surface area contributed by atoms with Crippen LogP contribution in [-0.2, 0) is 16.1 Å². The molecule has 0 aromatic carbocycles. The minimum Gasteiger partial charge on any atom is -0.365 e. The third-order valence-electron chi connectivity index (χ3n) is 3.44. The van der Waals surface area contributed by atoms with E-state index in [9.17, 15) is 4.79 Å². The van der Waals surface area contributed by atoms with E-state index in [0.29, 0.717) is 23.9 Å². The molecule has 1 fully saturated rings. The predicted molar refractivity (Wildman–Crippen MR) is 72.8 cm³/mol. The van der Waals surface area contributed by atoms with E-state index < -0.39 is 5.60 Å². The molecule has 0 aliphatic carbocycles. The minimum atomic E-state index is -0.728. The highest BCUT2D eigenvalue weighted by atomic mass is 16.5. The summed E-state index contributed by atoms with van der Waals surface area (Å²) in [5.41, 5.74) is -0.147. The van der Waals surface area contributed by atoms with Crippen LogP contribution in [0.4, 0.5) is 0 Å². The zero-order chi connectivity index (χ0) is 14.7. The van der Waals surface area contributed by atoms with Crippen molar-refractivity contribution in [2.75, 3.05) is 6.61 Å². The summed E-state index contributed by atoms with van der Waals surface area (Å²) in [5, 5.41) is 9.65. The molecule has 1 saturated heterocycles. The second-order valence-electron chi connectivity index (χ2n) is 5.06. The van der Waals surface area contributed by atoms with E-state index in [1.165, 1.54) is 0 Å². The molecule has 1 unspecified atom stereocenters. The van der Waals surface area contributed by atoms with E-state index >= 15 is 0 Å². The Morgan fingerprint density at radius 1 is 1.52 bits per heavy atom. The highest BCUT2D eigenvalue weighted by molar-refractivity contribution is 5.84. The molecule has 1 aliphatic rings. The van der Waals surface area contributed by atoms with Crippen molar-refractivity contribution >= 4 is 5.91 Å². The van der Waals surface area contributed by atoms with Gasteiger partial charge in [-0.15, -0.1) is 0 Å². The number of ether oxygens (including phenoxy) is 1. The number of hydrogen-bond acceptors (Lipinski definition) is 6. The lowest BCUT2D eigenvalue weighted by atomic mass is 10.0. The van der Waals surface area contributed by atoms with Crippen molar-refractivity contribution in [2.45, 2.75) is 31.9 Å². The predicted octanol–water partition coefficient (Wildman–Crippen LogP) is 0.447. The molecule has 3 rings (SSSR count). The third-order valence-corrected chi connectivity index (χ3v) is 3.44. The third kappa shape index (κ3) is 2.89. The molecule has 21 heavy (non-hydrogen) atoms. The highest BCUT2D eigenvalue weighted by Crippen LogP contribution is 2.25. The van der Waals surface area contributed by atoms with Gasteiger partial charge >= 0.3 is 0 Å². The van der Waals surface area contributed by atoms with E-state index in [0.717, 1.165) is 12.8 Å². The average molecular weight is 288 g/mol. The molecule has 2 aromatic rings. The quantitative estimate of drug-likeness (QED) is 0.846. The Morgan fingerprint density at radius 3 is 3.14 bits per heavy atom. The number of nitrogens with zero attached hydrogens (tertiary/aromatic N) is 4. The molecule has 2 N–H and O–H groups in total. The highest BCUT2D eigenvalue weighted by Gasteiger charge is 2.37. The van der Waals surface area contributed by atoms with Crippen molar-refractivity contribution in [1.82, 2.24) is 30.5 Å². The van der Waals surface area contributed by atoms with Gasteiger partial charge in [-0.2, -0.15) is 5.10 Å². The Kier molecular flexibility index (Phi) is 3.61. The lowest BCUT2D eigenvalue weighted by Crippen LogP contribution is -2.43. The molecule has 8 nitrogen and oxygen atoms in total. The molecule has 1 amide bonds. The molecular weight excluding hydrogens is 272 g/mol. The van der Waals surface area contributed by atoms with E-state index in [4.69, 9.17) is 4.74 Å². The second kappa shape index (κ2) is 5.57. The Labute approximate surface area is 121 Å². The smallest absolute Gasteiger partial charge is 0.252 e. The fraction of sp³-hybridized carbons (Fsp3) is 0.462. The second-order valence-corrected chi connectivity index (χ2v) is 5.06. The first-order valence-electron chi connectivity index (χ1n) is 6.77. The first-order valence-corrected chi connectivity index (χ1v) is 6.77. The van der Waals surface area contributed by atoms with E-state index in [2.05, 4.69) is 30.5 Å². The zero-order valence-electron chi connectivity index (χ0n) is 11.7. The van der Waals surface area contributed by atoms with Gasteiger partial charge in [0.1, 0.15) is 17.1 Å². The molecule has 0 spiro atoms. The molecule has 1 atom stereocenters. The molecular formula is C13H16N6O2. The largest absolute Gasteiger partial charge is 0.365 e. The number of H-pyrrole nitrogens is 1. The maximum atomic E-state index is 12.1. The first kappa shape index (κ1) is 13.6. The van der Waals surface area contributed by atoms with Crippen LogP contribution in [0.5, 0.6) is 0 Å². The van der Waals surface area contributed by atoms with Crippen LogP contribution in [0.15, 0.2) is 18.6 Å². The minimum absolute atomic E-state index is 0.127. The maximum Gasteiger partial charge on any atom is 0.252 e. The van der Waals surface area contributed by atoms with Crippen molar-refractivity contribution in [3.8, 4) is 11.5 Å². The topological polar surface area (TPSA) is 106 Å². The van der Waals surface area contributed by atoms with Gasteiger partial charge in [0.2, 0.25) is 5.82 Å². The summed E-state index contributed by atoms with van der Waals surface area (Å²) in [6.45, 7) is 2.70. The van der Waals surface area contributed by atoms with Crippen LogP contribution in [0, 0.1) is 0 Å². The van der Waals surface area contributed by atoms with Gasteiger partial charge in [0, 0.05) is 19.0 Å². The van der Waals surface area contributed by atoms with Crippen LogP contribution in [0.3, 0.4) is 0 Å². The van der Waals surface area contributed by atoms with E-state index in [1.807, 2.05) is 0 Å². The number of carbonyl (C=O) groups excluding carboxylic acids is 1. The zero-order valence-corrected chi connectivity index (χ0v) is 11.7. The number of nitrogens with one attached hydrogen (secondary N) is 2. The first-order chi connectivity index (χ1) is 10.2. The summed E-state index contributed by atoms with van der Waals surface area (Å²) in [5.74, 6) is 0.888. The van der Waals surface area contributed by atoms with Crippen molar-refractivity contribution in [2.24, 2.45) is 0 Å². The van der Waals surface area contributed by atoms with Crippen LogP contribution in [0.1, 0.15) is 25.6 Å². The van der Waals surface area contributed by atoms with Gasteiger partial charge < -0.3 is 10.1 Å². The number of hydrogen-bond donors (Lipinski definition) is 2. The standard InChI is InChI=1S/C13H16N6O2/c1-13(3-2-6-21-13)12(20)16-8-10-17-11(19-18-10)9-7-14-4-5-15-9/h4-5,7H,2-3,6,8H2,1H3,(H,16,20)(H,17,18,19). The Morgan fingerprint density at radius 2 is 2.43 bits per heavy atom. The summed E-state index contributed by atoms with van der Waals surface area (Å²) in [6.07, 6.45) is 6.38. The van der Waals surface area contributed by atoms with Gasteiger partial charge in [-0.3, -0.25) is 14.9 Å². The van der Waals surface area contributed by atoms with Gasteiger partial charge in [-0.25, -0.2) is 9.97 Å². The lowest BCUT2D eigenvalue weighted by Gasteiger charge is -2.21.